The van der Waals surface area contributed by atoms with Gasteiger partial charge in [-0.3, -0.25) is 9.59 Å². The second kappa shape index (κ2) is 32.8. The molecule has 0 aliphatic carbocycles. The molecular weight excluding hydrogens is 524 g/mol. The third-order valence-electron chi connectivity index (χ3n) is 6.53. The summed E-state index contributed by atoms with van der Waals surface area (Å²) in [6, 6.07) is 0. The first-order valence-corrected chi connectivity index (χ1v) is 16.5. The van der Waals surface area contributed by atoms with E-state index in [-0.39, 0.29) is 31.6 Å². The lowest BCUT2D eigenvalue weighted by atomic mass is 10.1. The average molecular weight is 585 g/mol. The van der Waals surface area contributed by atoms with E-state index in [1.165, 1.54) is 38.5 Å². The van der Waals surface area contributed by atoms with E-state index in [2.05, 4.69) is 74.6 Å². The summed E-state index contributed by atoms with van der Waals surface area (Å²) < 4.78 is 10.5. The predicted octanol–water partition coefficient (Wildman–Crippen LogP) is 9.83. The summed E-state index contributed by atoms with van der Waals surface area (Å²) in [6.07, 6.45) is 42.5. The maximum Gasteiger partial charge on any atom is 0.306 e. The molecule has 0 aliphatic heterocycles. The molecule has 0 bridgehead atoms. The topological polar surface area (TPSA) is 72.8 Å². The molecule has 42 heavy (non-hydrogen) atoms. The quantitative estimate of drug-likeness (QED) is 0.0563. The number of aliphatic hydroxyl groups is 1. The zero-order valence-electron chi connectivity index (χ0n) is 26.7. The Balaban J connectivity index is 3.77. The van der Waals surface area contributed by atoms with Gasteiger partial charge < -0.3 is 14.6 Å². The third-order valence-corrected chi connectivity index (χ3v) is 6.53. The van der Waals surface area contributed by atoms with Gasteiger partial charge in [-0.1, -0.05) is 138 Å². The maximum atomic E-state index is 12.0. The van der Waals surface area contributed by atoms with Crippen molar-refractivity contribution in [2.24, 2.45) is 0 Å². The summed E-state index contributed by atoms with van der Waals surface area (Å²) >= 11 is 0. The van der Waals surface area contributed by atoms with Gasteiger partial charge in [0.15, 0.2) is 6.10 Å². The van der Waals surface area contributed by atoms with Crippen molar-refractivity contribution in [1.82, 2.24) is 0 Å². The summed E-state index contributed by atoms with van der Waals surface area (Å²) in [6.45, 7) is 3.90. The monoisotopic (exact) mass is 584 g/mol. The Morgan fingerprint density at radius 3 is 1.50 bits per heavy atom. The van der Waals surface area contributed by atoms with E-state index in [1.54, 1.807) is 0 Å². The van der Waals surface area contributed by atoms with E-state index in [9.17, 15) is 14.7 Å². The number of hydrogen-bond acceptors (Lipinski definition) is 5. The normalized spacial score (nSPS) is 13.1. The number of aliphatic hydroxyl groups excluding tert-OH is 1. The fourth-order valence-corrected chi connectivity index (χ4v) is 4.05. The van der Waals surface area contributed by atoms with Gasteiger partial charge in [-0.15, -0.1) is 0 Å². The molecule has 0 aliphatic rings. The molecule has 0 unspecified atom stereocenters. The highest BCUT2D eigenvalue weighted by Gasteiger charge is 2.15. The Bertz CT molecular complexity index is 803. The van der Waals surface area contributed by atoms with E-state index in [0.29, 0.717) is 12.8 Å². The van der Waals surface area contributed by atoms with Crippen LogP contribution in [0.5, 0.6) is 0 Å². The fraction of sp³-hybridized carbons (Fsp3) is 0.622. The van der Waals surface area contributed by atoms with Crippen molar-refractivity contribution in [3.05, 3.63) is 72.9 Å². The summed E-state index contributed by atoms with van der Waals surface area (Å²) in [7, 11) is 0. The number of rotatable bonds is 28. The van der Waals surface area contributed by atoms with Gasteiger partial charge >= 0.3 is 11.9 Å². The van der Waals surface area contributed by atoms with Crippen molar-refractivity contribution in [2.45, 2.75) is 136 Å². The number of unbranched alkanes of at least 4 members (excludes halogenated alkanes) is 8. The van der Waals surface area contributed by atoms with Crippen LogP contribution in [0.15, 0.2) is 72.9 Å². The number of ether oxygens (including phenoxy) is 2. The lowest BCUT2D eigenvalue weighted by molar-refractivity contribution is -0.161. The minimum atomic E-state index is -0.800. The molecule has 0 heterocycles. The molecule has 0 saturated carbocycles. The van der Waals surface area contributed by atoms with E-state index in [4.69, 9.17) is 9.47 Å². The first-order valence-electron chi connectivity index (χ1n) is 16.5. The molecule has 0 aromatic rings. The third kappa shape index (κ3) is 30.3. The van der Waals surface area contributed by atoms with Gasteiger partial charge in [0, 0.05) is 12.8 Å². The largest absolute Gasteiger partial charge is 0.462 e. The Morgan fingerprint density at radius 1 is 0.571 bits per heavy atom. The number of hydrogen-bond donors (Lipinski definition) is 1. The van der Waals surface area contributed by atoms with E-state index in [0.717, 1.165) is 57.8 Å². The van der Waals surface area contributed by atoms with Gasteiger partial charge in [0.1, 0.15) is 6.61 Å². The highest BCUT2D eigenvalue weighted by Crippen LogP contribution is 2.11. The molecule has 0 aromatic carbocycles. The lowest BCUT2D eigenvalue weighted by Crippen LogP contribution is -2.28. The molecule has 1 N–H and O–H groups in total. The first-order chi connectivity index (χ1) is 20.6. The highest BCUT2D eigenvalue weighted by atomic mass is 16.6. The Labute approximate surface area is 257 Å². The van der Waals surface area contributed by atoms with Gasteiger partial charge in [-0.05, 0) is 51.4 Å². The minimum Gasteiger partial charge on any atom is -0.462 e. The van der Waals surface area contributed by atoms with Crippen LogP contribution in [-0.4, -0.2) is 36.4 Å². The zero-order valence-corrected chi connectivity index (χ0v) is 26.7. The summed E-state index contributed by atoms with van der Waals surface area (Å²) in [4.78, 5) is 24.0. The average Bonchev–Trinajstić information content (AvgIpc) is 2.99. The number of carbonyl (C=O) groups excluding carboxylic acids is 2. The van der Waals surface area contributed by atoms with Crippen LogP contribution in [0.25, 0.3) is 0 Å². The summed E-state index contributed by atoms with van der Waals surface area (Å²) in [5.41, 5.74) is 0. The van der Waals surface area contributed by atoms with Gasteiger partial charge in [-0.25, -0.2) is 0 Å². The molecule has 0 radical (unpaired) electrons. The van der Waals surface area contributed by atoms with Crippen molar-refractivity contribution in [3.8, 4) is 0 Å². The van der Waals surface area contributed by atoms with Crippen LogP contribution in [0.2, 0.25) is 0 Å². The molecule has 1 atom stereocenters. The molecule has 0 aromatic heterocycles. The van der Waals surface area contributed by atoms with Gasteiger partial charge in [0.2, 0.25) is 0 Å². The lowest BCUT2D eigenvalue weighted by Gasteiger charge is -2.15. The SMILES string of the molecule is CC/C=C/C/C=C/C/C=C/C/C=C/C/C=C/C/C=C/CCC(=O)OC[C@H](CO)OC(=O)CCCCCCCCCCC. The van der Waals surface area contributed by atoms with Crippen molar-refractivity contribution >= 4 is 11.9 Å². The zero-order chi connectivity index (χ0) is 30.8. The molecule has 0 amide bonds. The van der Waals surface area contributed by atoms with Gasteiger partial charge in [0.25, 0.3) is 0 Å². The van der Waals surface area contributed by atoms with Crippen molar-refractivity contribution in [3.63, 3.8) is 0 Å². The van der Waals surface area contributed by atoms with Crippen LogP contribution in [0, 0.1) is 0 Å². The standard InChI is InChI=1S/C37H60O5/c1-3-5-7-9-11-13-14-15-16-17-18-19-20-21-22-24-25-27-29-31-36(39)41-34-35(33-38)42-37(40)32-30-28-26-23-12-10-8-6-4-2/h5,7,11,13,15-16,18-19,21-22,25,27,35,38H,3-4,6,8-10,12,14,17,20,23-24,26,28-34H2,1-2H3/b7-5+,13-11+,16-15+,19-18+,22-21+,27-25+/t35-/m0/s1. The predicted molar refractivity (Wildman–Crippen MR) is 177 cm³/mol. The molecule has 0 fully saturated rings. The van der Waals surface area contributed by atoms with Crippen LogP contribution in [0.1, 0.15) is 129 Å². The molecule has 0 saturated heterocycles. The van der Waals surface area contributed by atoms with Crippen LogP contribution in [0.4, 0.5) is 0 Å². The van der Waals surface area contributed by atoms with E-state index >= 15 is 0 Å². The number of esters is 2. The van der Waals surface area contributed by atoms with Crippen molar-refractivity contribution in [2.75, 3.05) is 13.2 Å². The second-order valence-electron chi connectivity index (χ2n) is 10.5. The smallest absolute Gasteiger partial charge is 0.306 e. The van der Waals surface area contributed by atoms with Crippen LogP contribution >= 0.6 is 0 Å². The highest BCUT2D eigenvalue weighted by molar-refractivity contribution is 5.70. The molecule has 0 spiro atoms. The van der Waals surface area contributed by atoms with Crippen molar-refractivity contribution < 1.29 is 24.2 Å². The van der Waals surface area contributed by atoms with Crippen LogP contribution < -0.4 is 0 Å². The molecule has 238 valence electrons. The molecular formula is C37H60O5. The Hall–Kier alpha value is -2.66. The van der Waals surface area contributed by atoms with Gasteiger partial charge in [-0.2, -0.15) is 0 Å². The van der Waals surface area contributed by atoms with Crippen molar-refractivity contribution in [1.29, 1.82) is 0 Å². The first kappa shape index (κ1) is 39.3. The van der Waals surface area contributed by atoms with Gasteiger partial charge in [0.05, 0.1) is 6.61 Å². The Kier molecular flexibility index (Phi) is 30.8. The Morgan fingerprint density at radius 2 is 1.02 bits per heavy atom. The summed E-state index contributed by atoms with van der Waals surface area (Å²) in [5, 5.41) is 9.47. The van der Waals surface area contributed by atoms with E-state index < -0.39 is 6.10 Å². The number of carbonyl (C=O) groups is 2. The minimum absolute atomic E-state index is 0.109. The van der Waals surface area contributed by atoms with Crippen LogP contribution in [0.3, 0.4) is 0 Å². The molecule has 0 rings (SSSR count). The number of allylic oxidation sites excluding steroid dienone is 12. The molecule has 5 heteroatoms. The fourth-order valence-electron chi connectivity index (χ4n) is 4.05. The maximum absolute atomic E-state index is 12.0. The molecule has 5 nitrogen and oxygen atoms in total. The summed E-state index contributed by atoms with van der Waals surface area (Å²) in [5.74, 6) is -0.700. The van der Waals surface area contributed by atoms with Crippen LogP contribution in [-0.2, 0) is 19.1 Å². The second-order valence-corrected chi connectivity index (χ2v) is 10.5. The van der Waals surface area contributed by atoms with E-state index in [1.807, 2.05) is 12.2 Å².